The molecule has 2 aliphatic rings. The fourth-order valence-electron chi connectivity index (χ4n) is 2.57. The van der Waals surface area contributed by atoms with Crippen molar-refractivity contribution in [1.82, 2.24) is 10.2 Å². The van der Waals surface area contributed by atoms with E-state index in [9.17, 15) is 9.59 Å². The van der Waals surface area contributed by atoms with Gasteiger partial charge in [-0.1, -0.05) is 6.92 Å². The number of carboxylic acid groups (broad SMARTS) is 1. The molecule has 0 bridgehead atoms. The molecular weight excluding hydrogens is 236 g/mol. The molecule has 2 saturated heterocycles. The number of aliphatic carboxylic acids is 1. The van der Waals surface area contributed by atoms with E-state index in [2.05, 4.69) is 5.32 Å². The highest BCUT2D eigenvalue weighted by Crippen LogP contribution is 2.23. The smallest absolute Gasteiger partial charge is 0.317 e. The third-order valence-corrected chi connectivity index (χ3v) is 3.70. The predicted octanol–water partition coefficient (Wildman–Crippen LogP) is 0.527. The Morgan fingerprint density at radius 3 is 2.72 bits per heavy atom. The molecule has 0 aliphatic carbocycles. The van der Waals surface area contributed by atoms with Crippen LogP contribution in [0.3, 0.4) is 0 Å². The minimum absolute atomic E-state index is 0.0101. The minimum atomic E-state index is -0.821. The molecule has 102 valence electrons. The molecule has 3 atom stereocenters. The van der Waals surface area contributed by atoms with Crippen molar-refractivity contribution in [1.29, 1.82) is 0 Å². The summed E-state index contributed by atoms with van der Waals surface area (Å²) >= 11 is 0. The Morgan fingerprint density at radius 2 is 2.17 bits per heavy atom. The van der Waals surface area contributed by atoms with Crippen molar-refractivity contribution in [3.63, 3.8) is 0 Å². The van der Waals surface area contributed by atoms with Gasteiger partial charge < -0.3 is 20.1 Å². The maximum atomic E-state index is 12.0. The molecule has 0 spiro atoms. The van der Waals surface area contributed by atoms with E-state index in [1.54, 1.807) is 4.90 Å². The monoisotopic (exact) mass is 256 g/mol. The Balaban J connectivity index is 1.84. The van der Waals surface area contributed by atoms with Gasteiger partial charge in [-0.2, -0.15) is 0 Å². The van der Waals surface area contributed by atoms with E-state index in [0.29, 0.717) is 19.7 Å². The number of urea groups is 1. The molecule has 1 unspecified atom stereocenters. The van der Waals surface area contributed by atoms with E-state index in [1.807, 2.05) is 6.92 Å². The SMILES string of the molecule is C[C@@H]1CN(C(=O)NC2CCCOC2)C[C@H]1C(=O)O. The van der Waals surface area contributed by atoms with Crippen LogP contribution in [0, 0.1) is 11.8 Å². The summed E-state index contributed by atoms with van der Waals surface area (Å²) in [5.74, 6) is -1.26. The van der Waals surface area contributed by atoms with E-state index in [-0.39, 0.29) is 18.0 Å². The van der Waals surface area contributed by atoms with Gasteiger partial charge in [0.1, 0.15) is 0 Å². The Labute approximate surface area is 106 Å². The highest BCUT2D eigenvalue weighted by molar-refractivity contribution is 5.77. The molecule has 18 heavy (non-hydrogen) atoms. The number of carbonyl (C=O) groups is 2. The lowest BCUT2D eigenvalue weighted by Gasteiger charge is -2.26. The molecule has 0 saturated carbocycles. The molecule has 0 aromatic carbocycles. The second kappa shape index (κ2) is 5.56. The van der Waals surface area contributed by atoms with Crippen LogP contribution in [-0.2, 0) is 9.53 Å². The van der Waals surface area contributed by atoms with Crippen LogP contribution < -0.4 is 5.32 Å². The summed E-state index contributed by atoms with van der Waals surface area (Å²) in [4.78, 5) is 24.6. The normalized spacial score (nSPS) is 32.3. The molecule has 2 heterocycles. The average molecular weight is 256 g/mol. The maximum absolute atomic E-state index is 12.0. The van der Waals surface area contributed by atoms with Gasteiger partial charge in [0.2, 0.25) is 0 Å². The topological polar surface area (TPSA) is 78.9 Å². The van der Waals surface area contributed by atoms with Gasteiger partial charge in [-0.05, 0) is 18.8 Å². The first kappa shape index (κ1) is 13.1. The summed E-state index contributed by atoms with van der Waals surface area (Å²) in [6.45, 7) is 3.99. The highest BCUT2D eigenvalue weighted by Gasteiger charge is 2.37. The van der Waals surface area contributed by atoms with Crippen molar-refractivity contribution >= 4 is 12.0 Å². The molecule has 6 heteroatoms. The Kier molecular flexibility index (Phi) is 4.06. The number of ether oxygens (including phenoxy) is 1. The lowest BCUT2D eigenvalue weighted by molar-refractivity contribution is -0.142. The number of hydrogen-bond donors (Lipinski definition) is 2. The van der Waals surface area contributed by atoms with Crippen molar-refractivity contribution in [2.75, 3.05) is 26.3 Å². The summed E-state index contributed by atoms with van der Waals surface area (Å²) < 4.78 is 5.30. The fourth-order valence-corrected chi connectivity index (χ4v) is 2.57. The van der Waals surface area contributed by atoms with Gasteiger partial charge in [0.05, 0.1) is 18.6 Å². The molecule has 6 nitrogen and oxygen atoms in total. The van der Waals surface area contributed by atoms with Gasteiger partial charge >= 0.3 is 12.0 Å². The minimum Gasteiger partial charge on any atom is -0.481 e. The molecule has 2 amide bonds. The Hall–Kier alpha value is -1.30. The Bertz CT molecular complexity index is 328. The number of nitrogens with one attached hydrogen (secondary N) is 1. The molecule has 2 rings (SSSR count). The molecule has 0 radical (unpaired) electrons. The van der Waals surface area contributed by atoms with E-state index >= 15 is 0 Å². The van der Waals surface area contributed by atoms with E-state index < -0.39 is 11.9 Å². The number of amides is 2. The predicted molar refractivity (Wildman–Crippen MR) is 64.2 cm³/mol. The number of carboxylic acids is 1. The average Bonchev–Trinajstić information content (AvgIpc) is 2.73. The Morgan fingerprint density at radius 1 is 1.39 bits per heavy atom. The van der Waals surface area contributed by atoms with Crippen molar-refractivity contribution < 1.29 is 19.4 Å². The third-order valence-electron chi connectivity index (χ3n) is 3.70. The number of hydrogen-bond acceptors (Lipinski definition) is 3. The van der Waals surface area contributed by atoms with Crippen LogP contribution in [0.15, 0.2) is 0 Å². The zero-order chi connectivity index (χ0) is 13.1. The highest BCUT2D eigenvalue weighted by atomic mass is 16.5. The lowest BCUT2D eigenvalue weighted by atomic mass is 9.99. The second-order valence-corrected chi connectivity index (χ2v) is 5.19. The van der Waals surface area contributed by atoms with Crippen molar-refractivity contribution in [3.8, 4) is 0 Å². The molecule has 0 aromatic rings. The first-order chi connectivity index (χ1) is 8.58. The summed E-state index contributed by atoms with van der Waals surface area (Å²) in [6, 6.07) is -0.105. The summed E-state index contributed by atoms with van der Waals surface area (Å²) in [7, 11) is 0. The van der Waals surface area contributed by atoms with Crippen LogP contribution >= 0.6 is 0 Å². The quantitative estimate of drug-likeness (QED) is 0.755. The van der Waals surface area contributed by atoms with Crippen LogP contribution in [0.2, 0.25) is 0 Å². The van der Waals surface area contributed by atoms with E-state index in [4.69, 9.17) is 9.84 Å². The number of rotatable bonds is 2. The summed E-state index contributed by atoms with van der Waals surface area (Å²) in [5.41, 5.74) is 0. The van der Waals surface area contributed by atoms with Crippen LogP contribution in [0.4, 0.5) is 4.79 Å². The molecule has 0 aromatic heterocycles. The van der Waals surface area contributed by atoms with Gasteiger partial charge in [0, 0.05) is 19.7 Å². The van der Waals surface area contributed by atoms with Crippen LogP contribution in [0.1, 0.15) is 19.8 Å². The zero-order valence-electron chi connectivity index (χ0n) is 10.6. The zero-order valence-corrected chi connectivity index (χ0v) is 10.6. The molecule has 2 N–H and O–H groups in total. The van der Waals surface area contributed by atoms with Crippen molar-refractivity contribution in [2.24, 2.45) is 11.8 Å². The number of likely N-dealkylation sites (tertiary alicyclic amines) is 1. The molecular formula is C12H20N2O4. The van der Waals surface area contributed by atoms with Crippen LogP contribution in [0.5, 0.6) is 0 Å². The van der Waals surface area contributed by atoms with E-state index in [1.165, 1.54) is 0 Å². The summed E-state index contributed by atoms with van der Waals surface area (Å²) in [5, 5.41) is 11.9. The largest absolute Gasteiger partial charge is 0.481 e. The van der Waals surface area contributed by atoms with Crippen molar-refractivity contribution in [3.05, 3.63) is 0 Å². The third kappa shape index (κ3) is 2.93. The van der Waals surface area contributed by atoms with Gasteiger partial charge in [0.25, 0.3) is 0 Å². The summed E-state index contributed by atoms with van der Waals surface area (Å²) in [6.07, 6.45) is 1.89. The second-order valence-electron chi connectivity index (χ2n) is 5.19. The van der Waals surface area contributed by atoms with Crippen molar-refractivity contribution in [2.45, 2.75) is 25.8 Å². The van der Waals surface area contributed by atoms with E-state index in [0.717, 1.165) is 19.4 Å². The van der Waals surface area contributed by atoms with Gasteiger partial charge in [0.15, 0.2) is 0 Å². The van der Waals surface area contributed by atoms with Crippen LogP contribution in [-0.4, -0.2) is 54.4 Å². The standard InChI is InChI=1S/C12H20N2O4/c1-8-5-14(6-10(8)11(15)16)12(17)13-9-3-2-4-18-7-9/h8-10H,2-7H2,1H3,(H,13,17)(H,15,16)/t8-,9?,10-/m1/s1. The first-order valence-electron chi connectivity index (χ1n) is 6.44. The fraction of sp³-hybridized carbons (Fsp3) is 0.833. The van der Waals surface area contributed by atoms with Gasteiger partial charge in [-0.15, -0.1) is 0 Å². The maximum Gasteiger partial charge on any atom is 0.317 e. The van der Waals surface area contributed by atoms with Gasteiger partial charge in [-0.3, -0.25) is 4.79 Å². The van der Waals surface area contributed by atoms with Gasteiger partial charge in [-0.25, -0.2) is 4.79 Å². The molecule has 2 fully saturated rings. The van der Waals surface area contributed by atoms with Crippen LogP contribution in [0.25, 0.3) is 0 Å². The molecule has 2 aliphatic heterocycles. The lowest BCUT2D eigenvalue weighted by Crippen LogP contribution is -2.47. The number of nitrogens with zero attached hydrogens (tertiary/aromatic N) is 1. The number of carbonyl (C=O) groups excluding carboxylic acids is 1. The first-order valence-corrected chi connectivity index (χ1v) is 6.44.